The van der Waals surface area contributed by atoms with E-state index in [1.807, 2.05) is 50.4 Å². The minimum absolute atomic E-state index is 0.0194. The number of para-hydroxylation sites is 1. The molecule has 354 valence electrons. The second-order valence-electron chi connectivity index (χ2n) is 20.1. The smallest absolute Gasteiger partial charge is 0.407 e. The number of alkyl carbamates (subject to hydrolysis) is 1. The van der Waals surface area contributed by atoms with Crippen molar-refractivity contribution in [3.05, 3.63) is 118 Å². The summed E-state index contributed by atoms with van der Waals surface area (Å²) in [5, 5.41) is 18.0. The van der Waals surface area contributed by atoms with Gasteiger partial charge in [-0.3, -0.25) is 19.4 Å². The average molecular weight is 912 g/mol. The number of fused-ring (bicyclic) bond motifs is 6. The van der Waals surface area contributed by atoms with Crippen molar-refractivity contribution >= 4 is 34.6 Å². The van der Waals surface area contributed by atoms with Gasteiger partial charge in [0.05, 0.1) is 26.8 Å². The van der Waals surface area contributed by atoms with Crippen LogP contribution in [0.5, 0.6) is 5.75 Å². The molecule has 1 aromatic heterocycles. The summed E-state index contributed by atoms with van der Waals surface area (Å²) in [6, 6.07) is 19.4. The Balaban J connectivity index is 1.18. The van der Waals surface area contributed by atoms with Gasteiger partial charge in [0.1, 0.15) is 29.5 Å². The number of benzene rings is 3. The summed E-state index contributed by atoms with van der Waals surface area (Å²) in [5.41, 5.74) is 3.82. The van der Waals surface area contributed by atoms with Gasteiger partial charge in [-0.2, -0.15) is 0 Å². The number of aromatic nitrogens is 1. The van der Waals surface area contributed by atoms with Crippen LogP contribution < -0.4 is 15.0 Å². The van der Waals surface area contributed by atoms with Gasteiger partial charge in [0.2, 0.25) is 0 Å². The zero-order chi connectivity index (χ0) is 47.0. The van der Waals surface area contributed by atoms with Crippen LogP contribution in [-0.4, -0.2) is 122 Å². The van der Waals surface area contributed by atoms with Crippen molar-refractivity contribution in [2.45, 2.75) is 101 Å². The van der Waals surface area contributed by atoms with Crippen LogP contribution in [0.2, 0.25) is 0 Å². The molecule has 6 heterocycles. The third kappa shape index (κ3) is 6.76. The third-order valence-corrected chi connectivity index (χ3v) is 16.7. The first-order valence-corrected chi connectivity index (χ1v) is 24.1. The fourth-order valence-corrected chi connectivity index (χ4v) is 14.1. The molecule has 1 spiro atoms. The Morgan fingerprint density at radius 3 is 2.52 bits per heavy atom. The first-order chi connectivity index (χ1) is 32.3. The van der Waals surface area contributed by atoms with E-state index < -0.39 is 46.1 Å². The number of ether oxygens (including phenoxy) is 4. The number of amides is 1. The first-order valence-electron chi connectivity index (χ1n) is 24.1. The molecule has 5 aliphatic heterocycles. The number of hydrogen-bond donors (Lipinski definition) is 3. The van der Waals surface area contributed by atoms with Crippen molar-refractivity contribution in [1.29, 1.82) is 0 Å². The lowest BCUT2D eigenvalue weighted by molar-refractivity contribution is -0.217. The Morgan fingerprint density at radius 2 is 1.79 bits per heavy atom. The Hall–Kier alpha value is -5.63. The molecule has 9 atom stereocenters. The van der Waals surface area contributed by atoms with E-state index >= 15 is 4.79 Å². The van der Waals surface area contributed by atoms with Gasteiger partial charge in [0.25, 0.3) is 0 Å². The summed E-state index contributed by atoms with van der Waals surface area (Å²) in [5.74, 6) is -0.344. The highest BCUT2D eigenvalue weighted by Gasteiger charge is 2.78. The van der Waals surface area contributed by atoms with Crippen LogP contribution in [0.25, 0.3) is 10.9 Å². The normalized spacial score (nSPS) is 31.6. The zero-order valence-corrected chi connectivity index (χ0v) is 39.9. The molecule has 0 radical (unpaired) electrons. The van der Waals surface area contributed by atoms with Gasteiger partial charge in [-0.15, -0.1) is 0 Å². The molecule has 6 aliphatic rings. The summed E-state index contributed by atoms with van der Waals surface area (Å²) in [7, 11) is 5.11. The number of hydrogen-bond acceptors (Lipinski definition) is 11. The Kier molecular flexibility index (Phi) is 11.4. The molecule has 3 aromatic carbocycles. The average Bonchev–Trinajstić information content (AvgIpc) is 4.00. The molecular weight excluding hydrogens is 847 g/mol. The van der Waals surface area contributed by atoms with E-state index in [4.69, 9.17) is 18.9 Å². The van der Waals surface area contributed by atoms with Crippen LogP contribution in [0, 0.1) is 18.3 Å². The van der Waals surface area contributed by atoms with E-state index in [9.17, 15) is 14.7 Å². The summed E-state index contributed by atoms with van der Waals surface area (Å²) in [6.45, 7) is 11.4. The summed E-state index contributed by atoms with van der Waals surface area (Å²) in [4.78, 5) is 53.5. The molecule has 3 N–H and O–H groups in total. The highest BCUT2D eigenvalue weighted by molar-refractivity contribution is 5.94. The fraction of sp³-hybridized carbons (Fsp3) is 0.500. The van der Waals surface area contributed by atoms with Gasteiger partial charge < -0.3 is 39.3 Å². The van der Waals surface area contributed by atoms with Crippen molar-refractivity contribution in [3.8, 4) is 5.75 Å². The molecule has 1 amide bonds. The maximum atomic E-state index is 15.5. The third-order valence-electron chi connectivity index (χ3n) is 16.7. The lowest BCUT2D eigenvalue weighted by Gasteiger charge is -2.64. The van der Waals surface area contributed by atoms with E-state index in [1.54, 1.807) is 7.11 Å². The SMILES string of the molecule is CCC1=C[C@@H]2CN(CCc3c([nH]c4ccccc34)[C@@](C(=O)OC)(c3cc4c(cc3OC)N(C)[C@H]3C(O)(CNC(=O)OCc5ccc(C)cc5)[C@H](OC(C)=O)[C@]5(CC)C=CCN6CC[C@]43[C@@H]65)C2)C1. The molecule has 2 bridgehead atoms. The number of methoxy groups -OCH3 is 2. The largest absolute Gasteiger partial charge is 0.496 e. The van der Waals surface area contributed by atoms with E-state index in [-0.39, 0.29) is 31.1 Å². The molecule has 2 unspecified atom stereocenters. The number of carbonyl (C=O) groups excluding carboxylic acids is 3. The summed E-state index contributed by atoms with van der Waals surface area (Å²) < 4.78 is 24.7. The predicted molar refractivity (Wildman–Crippen MR) is 256 cm³/mol. The summed E-state index contributed by atoms with van der Waals surface area (Å²) >= 11 is 0. The molecule has 67 heavy (non-hydrogen) atoms. The van der Waals surface area contributed by atoms with Crippen LogP contribution >= 0.6 is 0 Å². The zero-order valence-electron chi connectivity index (χ0n) is 39.9. The van der Waals surface area contributed by atoms with Crippen molar-refractivity contribution in [1.82, 2.24) is 20.1 Å². The minimum Gasteiger partial charge on any atom is -0.496 e. The number of carbonyl (C=O) groups is 3. The van der Waals surface area contributed by atoms with E-state index in [1.165, 1.54) is 19.6 Å². The molecule has 13 heteroatoms. The number of H-pyrrole nitrogens is 1. The molecular formula is C54H65N5O8. The van der Waals surface area contributed by atoms with Gasteiger partial charge in [-0.1, -0.05) is 85.7 Å². The predicted octanol–water partition coefficient (Wildman–Crippen LogP) is 6.86. The number of anilines is 1. The van der Waals surface area contributed by atoms with Gasteiger partial charge in [0, 0.05) is 90.9 Å². The molecule has 4 aromatic rings. The molecule has 13 nitrogen and oxygen atoms in total. The maximum Gasteiger partial charge on any atom is 0.407 e. The van der Waals surface area contributed by atoms with Crippen LogP contribution in [0.15, 0.2) is 84.5 Å². The molecule has 10 rings (SSSR count). The van der Waals surface area contributed by atoms with Gasteiger partial charge in [-0.05, 0) is 80.3 Å². The molecule has 1 aliphatic carbocycles. The summed E-state index contributed by atoms with van der Waals surface area (Å²) in [6.07, 6.45) is 8.21. The molecule has 1 saturated heterocycles. The van der Waals surface area contributed by atoms with Crippen molar-refractivity contribution in [2.75, 3.05) is 65.4 Å². The lowest BCUT2D eigenvalue weighted by Crippen LogP contribution is -2.81. The number of likely N-dealkylation sites (N-methyl/N-ethyl adjacent to an activating group) is 1. The van der Waals surface area contributed by atoms with Crippen molar-refractivity contribution in [2.24, 2.45) is 11.3 Å². The fourth-order valence-electron chi connectivity index (χ4n) is 14.1. The number of nitrogens with one attached hydrogen (secondary N) is 2. The number of aryl methyl sites for hydroxylation is 1. The van der Waals surface area contributed by atoms with Crippen LogP contribution in [0.1, 0.15) is 80.0 Å². The van der Waals surface area contributed by atoms with E-state index in [0.717, 1.165) is 77.0 Å². The Labute approximate surface area is 393 Å². The van der Waals surface area contributed by atoms with Crippen molar-refractivity contribution < 1.29 is 38.4 Å². The second-order valence-corrected chi connectivity index (χ2v) is 20.1. The van der Waals surface area contributed by atoms with Crippen molar-refractivity contribution in [3.63, 3.8) is 0 Å². The van der Waals surface area contributed by atoms with Gasteiger partial charge in [-0.25, -0.2) is 4.79 Å². The minimum atomic E-state index is -1.85. The quantitative estimate of drug-likeness (QED) is 0.0873. The maximum absolute atomic E-state index is 15.5. The van der Waals surface area contributed by atoms with E-state index in [0.29, 0.717) is 43.7 Å². The number of nitrogens with zero attached hydrogens (tertiary/aromatic N) is 3. The van der Waals surface area contributed by atoms with Gasteiger partial charge in [0.15, 0.2) is 0 Å². The Bertz CT molecular complexity index is 2680. The number of rotatable bonds is 10. The van der Waals surface area contributed by atoms with Crippen LogP contribution in [-0.2, 0) is 47.7 Å². The molecule has 1 saturated carbocycles. The topological polar surface area (TPSA) is 146 Å². The Morgan fingerprint density at radius 1 is 1.00 bits per heavy atom. The number of aliphatic hydroxyl groups is 1. The van der Waals surface area contributed by atoms with Gasteiger partial charge >= 0.3 is 18.0 Å². The molecule has 2 fully saturated rings. The highest BCUT2D eigenvalue weighted by Crippen LogP contribution is 2.68. The van der Waals surface area contributed by atoms with E-state index in [2.05, 4.69) is 81.3 Å². The lowest BCUT2D eigenvalue weighted by atomic mass is 9.47. The monoisotopic (exact) mass is 911 g/mol. The van der Waals surface area contributed by atoms with Crippen LogP contribution in [0.4, 0.5) is 10.5 Å². The first kappa shape index (κ1) is 45.2. The highest BCUT2D eigenvalue weighted by atomic mass is 16.6. The number of esters is 2. The van der Waals surface area contributed by atoms with Crippen LogP contribution in [0.3, 0.4) is 0 Å². The standard InChI is InChI=1S/C54H65N5O8/c1-8-35-25-37-28-53(49(61)65-7,45-39(19-23-58(29-35)30-37)38-13-10-11-14-42(38)56-45)41-26-40-43(27-44(41)64-6)57(5)47-52(40)21-24-59-22-12-20-51(9-2,46(52)59)48(67-34(4)60)54(47,63)32-55-50(62)66-31-36-17-15-33(3)16-18-36/h10-18,20,25-27,37,46-48,56,63H,8-9,19,21-24,28-32H2,1-7H3,(H,55,62)/t37-,46-,47+,48+,51+,52+,53-,54?/m0/s1. The second kappa shape index (κ2) is 16.9. The number of aromatic amines is 1.